The zero-order valence-corrected chi connectivity index (χ0v) is 12.5. The van der Waals surface area contributed by atoms with Crippen molar-refractivity contribution >= 4 is 11.6 Å². The van der Waals surface area contributed by atoms with E-state index in [2.05, 4.69) is 5.32 Å². The van der Waals surface area contributed by atoms with Gasteiger partial charge in [-0.3, -0.25) is 0 Å². The molecule has 0 heterocycles. The first kappa shape index (κ1) is 16.3. The number of aliphatic hydroxyl groups is 1. The lowest BCUT2D eigenvalue weighted by Gasteiger charge is -2.12. The lowest BCUT2D eigenvalue weighted by molar-refractivity contribution is 0.242. The third-order valence-electron chi connectivity index (χ3n) is 2.70. The normalized spacial score (nSPS) is 11.0. The Morgan fingerprint density at radius 2 is 2.05 bits per heavy atom. The van der Waals surface area contributed by atoms with E-state index in [9.17, 15) is 0 Å². The van der Waals surface area contributed by atoms with Crippen LogP contribution in [0.2, 0.25) is 5.02 Å². The highest BCUT2D eigenvalue weighted by molar-refractivity contribution is 6.32. The van der Waals surface area contributed by atoms with Crippen molar-refractivity contribution in [2.24, 2.45) is 0 Å². The monoisotopic (exact) mass is 285 g/mol. The second-order valence-corrected chi connectivity index (χ2v) is 5.30. The molecule has 0 saturated carbocycles. The Morgan fingerprint density at radius 3 is 2.68 bits per heavy atom. The van der Waals surface area contributed by atoms with Crippen LogP contribution >= 0.6 is 11.6 Å². The van der Waals surface area contributed by atoms with E-state index in [4.69, 9.17) is 21.4 Å². The van der Waals surface area contributed by atoms with E-state index in [1.165, 1.54) is 0 Å². The molecule has 3 nitrogen and oxygen atoms in total. The maximum absolute atomic E-state index is 8.67. The van der Waals surface area contributed by atoms with Gasteiger partial charge in [-0.25, -0.2) is 0 Å². The van der Waals surface area contributed by atoms with Gasteiger partial charge in [-0.1, -0.05) is 17.7 Å². The quantitative estimate of drug-likeness (QED) is 0.684. The molecule has 1 aromatic carbocycles. The topological polar surface area (TPSA) is 41.5 Å². The van der Waals surface area contributed by atoms with Crippen molar-refractivity contribution in [1.29, 1.82) is 0 Å². The van der Waals surface area contributed by atoms with Crippen molar-refractivity contribution in [2.75, 3.05) is 13.2 Å². The Labute approximate surface area is 120 Å². The van der Waals surface area contributed by atoms with Crippen molar-refractivity contribution in [2.45, 2.75) is 45.8 Å². The molecular formula is C15H24ClNO2. The molecule has 0 radical (unpaired) electrons. The van der Waals surface area contributed by atoms with Crippen molar-refractivity contribution in [3.05, 3.63) is 28.8 Å². The van der Waals surface area contributed by atoms with Gasteiger partial charge in [0.15, 0.2) is 0 Å². The van der Waals surface area contributed by atoms with Gasteiger partial charge in [0.25, 0.3) is 0 Å². The molecule has 0 amide bonds. The molecular weight excluding hydrogens is 262 g/mol. The number of hydrogen-bond acceptors (Lipinski definition) is 3. The van der Waals surface area contributed by atoms with Crippen LogP contribution in [0.15, 0.2) is 18.2 Å². The number of ether oxygens (including phenoxy) is 1. The van der Waals surface area contributed by atoms with Crippen molar-refractivity contribution < 1.29 is 9.84 Å². The first-order valence-electron chi connectivity index (χ1n) is 6.90. The smallest absolute Gasteiger partial charge is 0.138 e. The van der Waals surface area contributed by atoms with E-state index in [1.807, 2.05) is 32.0 Å². The molecule has 0 bridgehead atoms. The van der Waals surface area contributed by atoms with E-state index in [0.29, 0.717) is 5.02 Å². The Balaban J connectivity index is 2.33. The van der Waals surface area contributed by atoms with Crippen molar-refractivity contribution in [3.63, 3.8) is 0 Å². The van der Waals surface area contributed by atoms with Gasteiger partial charge in [-0.15, -0.1) is 0 Å². The average Bonchev–Trinajstić information content (AvgIpc) is 2.36. The van der Waals surface area contributed by atoms with Gasteiger partial charge in [0.1, 0.15) is 5.75 Å². The molecule has 1 aromatic rings. The van der Waals surface area contributed by atoms with Crippen LogP contribution in [-0.2, 0) is 6.54 Å². The molecule has 0 aliphatic rings. The maximum Gasteiger partial charge on any atom is 0.138 e. The van der Waals surface area contributed by atoms with Gasteiger partial charge >= 0.3 is 0 Å². The van der Waals surface area contributed by atoms with Crippen LogP contribution in [0.5, 0.6) is 5.75 Å². The van der Waals surface area contributed by atoms with E-state index >= 15 is 0 Å². The summed E-state index contributed by atoms with van der Waals surface area (Å²) in [6, 6.07) is 5.90. The fourth-order valence-electron chi connectivity index (χ4n) is 1.78. The Bertz CT molecular complexity index is 369. The molecule has 108 valence electrons. The van der Waals surface area contributed by atoms with Crippen molar-refractivity contribution in [3.8, 4) is 5.75 Å². The fourth-order valence-corrected chi connectivity index (χ4v) is 2.02. The standard InChI is InChI=1S/C15H24ClNO2/c1-12(2)19-15-7-6-13(10-14(15)16)11-17-8-4-3-5-9-18/h6-7,10,12,17-18H,3-5,8-9,11H2,1-2H3. The second kappa shape index (κ2) is 9.18. The molecule has 4 heteroatoms. The molecule has 0 saturated heterocycles. The number of hydrogen-bond donors (Lipinski definition) is 2. The minimum atomic E-state index is 0.132. The number of nitrogens with one attached hydrogen (secondary N) is 1. The number of aliphatic hydroxyl groups excluding tert-OH is 1. The number of halogens is 1. The molecule has 19 heavy (non-hydrogen) atoms. The van der Waals surface area contributed by atoms with Gasteiger partial charge in [0.05, 0.1) is 11.1 Å². The predicted molar refractivity (Wildman–Crippen MR) is 79.9 cm³/mol. The molecule has 0 fully saturated rings. The predicted octanol–water partition coefficient (Wildman–Crippen LogP) is 3.38. The Hall–Kier alpha value is -0.770. The van der Waals surface area contributed by atoms with E-state index in [1.54, 1.807) is 0 Å². The van der Waals surface area contributed by atoms with E-state index < -0.39 is 0 Å². The van der Waals surface area contributed by atoms with Crippen LogP contribution in [-0.4, -0.2) is 24.4 Å². The van der Waals surface area contributed by atoms with Gasteiger partial charge < -0.3 is 15.2 Å². The molecule has 0 aromatic heterocycles. The summed E-state index contributed by atoms with van der Waals surface area (Å²) in [5.41, 5.74) is 1.16. The third-order valence-corrected chi connectivity index (χ3v) is 3.00. The SMILES string of the molecule is CC(C)Oc1ccc(CNCCCCCO)cc1Cl. The largest absolute Gasteiger partial charge is 0.489 e. The Kier molecular flexibility index (Phi) is 7.87. The zero-order chi connectivity index (χ0) is 14.1. The summed E-state index contributed by atoms with van der Waals surface area (Å²) in [4.78, 5) is 0. The summed E-state index contributed by atoms with van der Waals surface area (Å²) in [7, 11) is 0. The second-order valence-electron chi connectivity index (χ2n) is 4.89. The highest BCUT2D eigenvalue weighted by Gasteiger charge is 2.04. The van der Waals surface area contributed by atoms with Gasteiger partial charge in [-0.2, -0.15) is 0 Å². The molecule has 0 atom stereocenters. The fraction of sp³-hybridized carbons (Fsp3) is 0.600. The number of unbranched alkanes of at least 4 members (excludes halogenated alkanes) is 2. The first-order chi connectivity index (χ1) is 9.13. The highest BCUT2D eigenvalue weighted by Crippen LogP contribution is 2.26. The lowest BCUT2D eigenvalue weighted by atomic mass is 10.2. The minimum absolute atomic E-state index is 0.132. The maximum atomic E-state index is 8.67. The van der Waals surface area contributed by atoms with Crippen LogP contribution in [0.25, 0.3) is 0 Å². The molecule has 0 aliphatic heterocycles. The van der Waals surface area contributed by atoms with Crippen LogP contribution in [0.3, 0.4) is 0 Å². The summed E-state index contributed by atoms with van der Waals surface area (Å²) in [6.45, 7) is 6.02. The zero-order valence-electron chi connectivity index (χ0n) is 11.8. The van der Waals surface area contributed by atoms with Gasteiger partial charge in [-0.05, 0) is 57.4 Å². The van der Waals surface area contributed by atoms with Gasteiger partial charge in [0, 0.05) is 13.2 Å². The molecule has 1 rings (SSSR count). The van der Waals surface area contributed by atoms with Crippen molar-refractivity contribution in [1.82, 2.24) is 5.32 Å². The van der Waals surface area contributed by atoms with Gasteiger partial charge in [0.2, 0.25) is 0 Å². The Morgan fingerprint density at radius 1 is 1.26 bits per heavy atom. The van der Waals surface area contributed by atoms with Crippen LogP contribution in [0.4, 0.5) is 0 Å². The van der Waals surface area contributed by atoms with Crippen LogP contribution < -0.4 is 10.1 Å². The highest BCUT2D eigenvalue weighted by atomic mass is 35.5. The third kappa shape index (κ3) is 6.81. The van der Waals surface area contributed by atoms with Crippen LogP contribution in [0, 0.1) is 0 Å². The number of rotatable bonds is 9. The summed E-state index contributed by atoms with van der Waals surface area (Å²) < 4.78 is 5.59. The lowest BCUT2D eigenvalue weighted by Crippen LogP contribution is -2.15. The average molecular weight is 286 g/mol. The minimum Gasteiger partial charge on any atom is -0.489 e. The molecule has 0 spiro atoms. The van der Waals surface area contributed by atoms with E-state index in [0.717, 1.165) is 43.7 Å². The summed E-state index contributed by atoms with van der Waals surface area (Å²) in [6.07, 6.45) is 3.16. The summed E-state index contributed by atoms with van der Waals surface area (Å²) in [5.74, 6) is 0.739. The molecule has 2 N–H and O–H groups in total. The summed E-state index contributed by atoms with van der Waals surface area (Å²) >= 11 is 6.17. The molecule has 0 unspecified atom stereocenters. The van der Waals surface area contributed by atoms with E-state index in [-0.39, 0.29) is 12.7 Å². The number of benzene rings is 1. The first-order valence-corrected chi connectivity index (χ1v) is 7.28. The molecule has 0 aliphatic carbocycles. The summed E-state index contributed by atoms with van der Waals surface area (Å²) in [5, 5.41) is 12.7. The van der Waals surface area contributed by atoms with Crippen LogP contribution in [0.1, 0.15) is 38.7 Å².